The van der Waals surface area contributed by atoms with Gasteiger partial charge in [-0.15, -0.1) is 11.6 Å². The Kier molecular flexibility index (Phi) is 17.2. The van der Waals surface area contributed by atoms with Gasteiger partial charge in [0, 0.05) is 28.4 Å². The molecule has 0 aliphatic rings. The number of alkyl halides is 1. The van der Waals surface area contributed by atoms with Crippen LogP contribution >= 0.6 is 81.2 Å². The first kappa shape index (κ1) is 48.6. The molecule has 2 unspecified atom stereocenters. The largest absolute Gasteiger partial charge is 0.324 e. The normalized spacial score (nSPS) is 12.1. The molecule has 63 heavy (non-hydrogen) atoms. The van der Waals surface area contributed by atoms with Crippen LogP contribution in [0, 0.1) is 0 Å². The third kappa shape index (κ3) is 12.8. The average molecular weight is 992 g/mol. The van der Waals surface area contributed by atoms with E-state index in [1.807, 2.05) is 0 Å². The zero-order valence-electron chi connectivity index (χ0n) is 32.6. The maximum absolute atomic E-state index is 13.4. The van der Waals surface area contributed by atoms with Crippen LogP contribution in [-0.2, 0) is 25.6 Å². The molecule has 0 saturated carbocycles. The predicted octanol–water partition coefficient (Wildman–Crippen LogP) is 12.3. The quantitative estimate of drug-likeness (QED) is 0.0430. The van der Waals surface area contributed by atoms with Crippen LogP contribution in [0.25, 0.3) is 0 Å². The lowest BCUT2D eigenvalue weighted by Gasteiger charge is -2.15. The van der Waals surface area contributed by atoms with Crippen molar-refractivity contribution >= 4 is 151 Å². The third-order valence-corrected chi connectivity index (χ3v) is 11.1. The van der Waals surface area contributed by atoms with E-state index in [1.54, 1.807) is 36.4 Å². The maximum atomic E-state index is 13.4. The van der Waals surface area contributed by atoms with E-state index in [1.165, 1.54) is 54.6 Å². The number of Topliss-reactive ketones (excluding diaryl/α,β-unsaturated/α-hetero) is 2. The monoisotopic (exact) mass is 988 g/mol. The molecule has 4 amide bonds. The van der Waals surface area contributed by atoms with Crippen molar-refractivity contribution in [1.29, 1.82) is 0 Å². The summed E-state index contributed by atoms with van der Waals surface area (Å²) in [5, 5.41) is 27.4. The number of halogens is 7. The van der Waals surface area contributed by atoms with Crippen LogP contribution in [0.5, 0.6) is 0 Å². The molecule has 324 valence electrons. The Morgan fingerprint density at radius 3 is 1.43 bits per heavy atom. The van der Waals surface area contributed by atoms with Gasteiger partial charge in [-0.3, -0.25) is 28.8 Å². The highest BCUT2D eigenvalue weighted by Gasteiger charge is 2.26. The lowest BCUT2D eigenvalue weighted by atomic mass is 10.1. The van der Waals surface area contributed by atoms with Gasteiger partial charge in [0.15, 0.2) is 11.6 Å². The summed E-state index contributed by atoms with van der Waals surface area (Å²) >= 11 is 43.2. The number of amides is 4. The van der Waals surface area contributed by atoms with Crippen molar-refractivity contribution in [2.24, 2.45) is 20.5 Å². The van der Waals surface area contributed by atoms with E-state index in [2.05, 4.69) is 41.7 Å². The minimum atomic E-state index is -1.64. The van der Waals surface area contributed by atoms with Crippen molar-refractivity contribution in [2.75, 3.05) is 27.1 Å². The predicted molar refractivity (Wildman–Crippen MR) is 248 cm³/mol. The summed E-state index contributed by atoms with van der Waals surface area (Å²) in [6.45, 7) is 2.29. The molecule has 0 spiro atoms. The molecule has 21 heteroatoms. The van der Waals surface area contributed by atoms with Gasteiger partial charge in [-0.05, 0) is 105 Å². The highest BCUT2D eigenvalue weighted by atomic mass is 35.5. The van der Waals surface area contributed by atoms with E-state index in [4.69, 9.17) is 81.2 Å². The molecule has 2 atom stereocenters. The minimum absolute atomic E-state index is 0.00634. The van der Waals surface area contributed by atoms with Gasteiger partial charge in [-0.2, -0.15) is 20.5 Å². The number of nitrogens with zero attached hydrogens (tertiary/aromatic N) is 4. The van der Waals surface area contributed by atoms with Crippen molar-refractivity contribution in [1.82, 2.24) is 0 Å². The van der Waals surface area contributed by atoms with Crippen LogP contribution in [0.3, 0.4) is 0 Å². The van der Waals surface area contributed by atoms with Crippen molar-refractivity contribution in [3.8, 4) is 0 Å². The number of carbonyl (C=O) groups is 6. The van der Waals surface area contributed by atoms with Crippen LogP contribution in [0.1, 0.15) is 40.1 Å². The smallest absolute Gasteiger partial charge is 0.258 e. The summed E-state index contributed by atoms with van der Waals surface area (Å²) < 4.78 is 0. The molecule has 0 aliphatic carbocycles. The summed E-state index contributed by atoms with van der Waals surface area (Å²) in [6.07, 6.45) is 0.194. The van der Waals surface area contributed by atoms with Crippen molar-refractivity contribution in [3.63, 3.8) is 0 Å². The van der Waals surface area contributed by atoms with Gasteiger partial charge in [0.1, 0.15) is 11.4 Å². The molecule has 0 saturated heterocycles. The first-order valence-corrected chi connectivity index (χ1v) is 21.0. The first-order chi connectivity index (χ1) is 30.0. The van der Waals surface area contributed by atoms with Gasteiger partial charge in [-0.1, -0.05) is 81.7 Å². The number of hydrogen-bond acceptors (Lipinski definition) is 10. The van der Waals surface area contributed by atoms with Gasteiger partial charge >= 0.3 is 0 Å². The molecule has 4 N–H and O–H groups in total. The number of carbonyl (C=O) groups excluding carboxylic acids is 6. The Morgan fingerprint density at radius 2 is 0.984 bits per heavy atom. The zero-order chi connectivity index (χ0) is 46.0. The second kappa shape index (κ2) is 22.3. The number of nitrogens with one attached hydrogen (secondary N) is 4. The summed E-state index contributed by atoms with van der Waals surface area (Å²) in [5.41, 5.74) is 1.63. The Morgan fingerprint density at radius 1 is 0.524 bits per heavy atom. The van der Waals surface area contributed by atoms with E-state index in [0.29, 0.717) is 5.56 Å². The minimum Gasteiger partial charge on any atom is -0.324 e. The Balaban J connectivity index is 1.28. The van der Waals surface area contributed by atoms with Crippen molar-refractivity contribution in [3.05, 3.63) is 138 Å². The lowest BCUT2D eigenvalue weighted by molar-refractivity contribution is -0.127. The summed E-state index contributed by atoms with van der Waals surface area (Å²) in [4.78, 5) is 78.0. The molecule has 0 heterocycles. The van der Waals surface area contributed by atoms with Gasteiger partial charge in [0.2, 0.25) is 12.1 Å². The maximum Gasteiger partial charge on any atom is 0.258 e. The molecule has 14 nitrogen and oxygen atoms in total. The Bertz CT molecular complexity index is 2700. The Labute approximate surface area is 394 Å². The highest BCUT2D eigenvalue weighted by Crippen LogP contribution is 2.33. The van der Waals surface area contributed by atoms with Crippen LogP contribution in [0.4, 0.5) is 34.1 Å². The second-order valence-electron chi connectivity index (χ2n) is 13.2. The molecule has 5 aromatic rings. The second-order valence-corrected chi connectivity index (χ2v) is 16.0. The molecule has 5 rings (SSSR count). The van der Waals surface area contributed by atoms with E-state index in [-0.39, 0.29) is 87.7 Å². The molecular formula is C42H31Cl7N8O6. The summed E-state index contributed by atoms with van der Waals surface area (Å²) in [7, 11) is 0. The number of ketones is 2. The Hall–Kier alpha value is -5.45. The number of azo groups is 2. The molecule has 0 fully saturated rings. The number of anilines is 4. The van der Waals surface area contributed by atoms with Crippen molar-refractivity contribution < 1.29 is 28.8 Å². The highest BCUT2D eigenvalue weighted by molar-refractivity contribution is 6.44. The first-order valence-electron chi connectivity index (χ1n) is 18.2. The number of hydrogen-bond donors (Lipinski definition) is 4. The molecule has 5 aromatic carbocycles. The molecular weight excluding hydrogens is 961 g/mol. The molecule has 0 aliphatic heterocycles. The fourth-order valence-corrected chi connectivity index (χ4v) is 6.65. The summed E-state index contributed by atoms with van der Waals surface area (Å²) in [6, 6.07) is 18.9. The van der Waals surface area contributed by atoms with Crippen LogP contribution in [-0.4, -0.2) is 53.2 Å². The van der Waals surface area contributed by atoms with Gasteiger partial charge in [0.05, 0.1) is 41.5 Å². The van der Waals surface area contributed by atoms with Gasteiger partial charge < -0.3 is 21.3 Å². The summed E-state index contributed by atoms with van der Waals surface area (Å²) in [5.74, 6) is -4.09. The van der Waals surface area contributed by atoms with E-state index < -0.39 is 47.3 Å². The van der Waals surface area contributed by atoms with Crippen LogP contribution in [0.15, 0.2) is 111 Å². The fourth-order valence-electron chi connectivity index (χ4n) is 5.44. The standard InChI is InChI=1S/C42H31Cl7N8O6/c1-20(58)37(56-54-33-18-23(9-12-26(33)44)39(60)52-31-7-3-5-28(46)35(31)48)41(62)50-25-11-14-30(22(17-25)15-16-43)51-42(63)38(21(2)59)57-55-34-19-24(10-13-27(34)45)40(61)53-32-8-4-6-29(47)36(32)49/h3-14,17-19,37-38H,15-16H2,1-2H3,(H,50,62)(H,51,63)(H,52,60)(H,53,61). The van der Waals surface area contributed by atoms with E-state index >= 15 is 0 Å². The van der Waals surface area contributed by atoms with E-state index in [9.17, 15) is 28.8 Å². The number of rotatable bonds is 16. The van der Waals surface area contributed by atoms with Crippen molar-refractivity contribution in [2.45, 2.75) is 32.4 Å². The lowest BCUT2D eigenvalue weighted by Crippen LogP contribution is -2.32. The zero-order valence-corrected chi connectivity index (χ0v) is 37.9. The average Bonchev–Trinajstić information content (AvgIpc) is 3.23. The van der Waals surface area contributed by atoms with Gasteiger partial charge in [0.25, 0.3) is 23.6 Å². The fraction of sp³-hybridized carbons (Fsp3) is 0.143. The van der Waals surface area contributed by atoms with Gasteiger partial charge in [-0.25, -0.2) is 0 Å². The molecule has 0 radical (unpaired) electrons. The van der Waals surface area contributed by atoms with Crippen LogP contribution < -0.4 is 21.3 Å². The molecule has 0 aromatic heterocycles. The van der Waals surface area contributed by atoms with E-state index in [0.717, 1.165) is 13.8 Å². The number of benzene rings is 5. The van der Waals surface area contributed by atoms with Crippen LogP contribution in [0.2, 0.25) is 30.1 Å². The number of aryl methyl sites for hydroxylation is 1. The molecule has 0 bridgehead atoms. The topological polar surface area (TPSA) is 200 Å². The third-order valence-electron chi connectivity index (χ3n) is 8.64. The SMILES string of the molecule is CC(=O)C(N=Nc1cc(C(=O)Nc2cccc(Cl)c2Cl)ccc1Cl)C(=O)Nc1ccc(NC(=O)C(N=Nc2cc(C(=O)Nc3cccc(Cl)c3Cl)ccc2Cl)C(C)=O)c(CCCl)c1.